The van der Waals surface area contributed by atoms with Gasteiger partial charge in [0.25, 0.3) is 11.7 Å². The fourth-order valence-corrected chi connectivity index (χ4v) is 1.06. The second kappa shape index (κ2) is 3.93. The summed E-state index contributed by atoms with van der Waals surface area (Å²) in [4.78, 5) is 29.1. The van der Waals surface area contributed by atoms with Crippen LogP contribution in [0.4, 0.5) is 0 Å². The van der Waals surface area contributed by atoms with Gasteiger partial charge < -0.3 is 15.2 Å². The second-order valence-corrected chi connectivity index (χ2v) is 2.85. The van der Waals surface area contributed by atoms with Gasteiger partial charge in [0.1, 0.15) is 0 Å². The van der Waals surface area contributed by atoms with Crippen molar-refractivity contribution >= 4 is 17.7 Å². The molecule has 8 heteroatoms. The van der Waals surface area contributed by atoms with Crippen molar-refractivity contribution in [3.8, 4) is 0 Å². The van der Waals surface area contributed by atoms with Crippen molar-refractivity contribution < 1.29 is 14.7 Å². The topological polar surface area (TPSA) is 112 Å². The van der Waals surface area contributed by atoms with E-state index in [4.69, 9.17) is 0 Å². The van der Waals surface area contributed by atoms with Crippen molar-refractivity contribution in [3.63, 3.8) is 0 Å². The summed E-state index contributed by atoms with van der Waals surface area (Å²) in [6.07, 6.45) is 3.08. The molecule has 0 unspecified atom stereocenters. The van der Waals surface area contributed by atoms with Crippen molar-refractivity contribution in [2.24, 2.45) is 0 Å². The van der Waals surface area contributed by atoms with Gasteiger partial charge in [-0.2, -0.15) is 4.98 Å². The summed E-state index contributed by atoms with van der Waals surface area (Å²) in [6, 6.07) is 1.63. The zero-order valence-electron chi connectivity index (χ0n) is 7.95. The van der Waals surface area contributed by atoms with E-state index in [0.29, 0.717) is 0 Å². The second-order valence-electron chi connectivity index (χ2n) is 2.85. The van der Waals surface area contributed by atoms with Gasteiger partial charge >= 0.3 is 0 Å². The Kier molecular flexibility index (Phi) is 2.46. The van der Waals surface area contributed by atoms with Crippen LogP contribution in [0.1, 0.15) is 10.6 Å². The molecule has 0 aliphatic rings. The van der Waals surface area contributed by atoms with E-state index in [-0.39, 0.29) is 11.6 Å². The number of carbonyl (C=O) groups is 2. The van der Waals surface area contributed by atoms with Crippen molar-refractivity contribution in [2.75, 3.05) is 6.54 Å². The predicted molar refractivity (Wildman–Crippen MR) is 48.1 cm³/mol. The highest BCUT2D eigenvalue weighted by atomic mass is 16.4. The first-order chi connectivity index (χ1) is 7.66. The summed E-state index contributed by atoms with van der Waals surface area (Å²) in [5.41, 5.74) is 0. The Balaban J connectivity index is 2.20. The zero-order valence-corrected chi connectivity index (χ0v) is 7.95. The number of nitrogens with zero attached hydrogens (tertiary/aromatic N) is 4. The van der Waals surface area contributed by atoms with Gasteiger partial charge in [0.15, 0.2) is 0 Å². The first-order valence-corrected chi connectivity index (χ1v) is 4.32. The maximum Gasteiger partial charge on any atom is 0.291 e. The standard InChI is InChI=1S/C8H7N5O3/c14-5(15)4-10-7(16)6-11-8-9-2-1-3-13(8)12-6/h1-3H,4H2,(H,10,16)(H,14,15)/p-1. The molecular formula is C8H6N5O3-. The zero-order chi connectivity index (χ0) is 11.5. The van der Waals surface area contributed by atoms with Gasteiger partial charge in [-0.1, -0.05) is 0 Å². The molecule has 0 spiro atoms. The largest absolute Gasteiger partial charge is 0.548 e. The summed E-state index contributed by atoms with van der Waals surface area (Å²) < 4.78 is 1.31. The fraction of sp³-hybridized carbons (Fsp3) is 0.125. The van der Waals surface area contributed by atoms with Gasteiger partial charge in [-0.05, 0) is 6.07 Å². The third kappa shape index (κ3) is 1.95. The lowest BCUT2D eigenvalue weighted by atomic mass is 10.5. The maximum atomic E-state index is 11.4. The van der Waals surface area contributed by atoms with Crippen molar-refractivity contribution in [2.45, 2.75) is 0 Å². The first-order valence-electron chi connectivity index (χ1n) is 4.32. The van der Waals surface area contributed by atoms with Crippen LogP contribution in [0.15, 0.2) is 18.5 Å². The minimum Gasteiger partial charge on any atom is -0.548 e. The lowest BCUT2D eigenvalue weighted by Gasteiger charge is -2.01. The number of carboxylic acid groups (broad SMARTS) is 1. The third-order valence-corrected chi connectivity index (χ3v) is 1.71. The summed E-state index contributed by atoms with van der Waals surface area (Å²) in [7, 11) is 0. The molecule has 0 bridgehead atoms. The fourth-order valence-electron chi connectivity index (χ4n) is 1.06. The first kappa shape index (κ1) is 10.0. The highest BCUT2D eigenvalue weighted by molar-refractivity contribution is 5.92. The summed E-state index contributed by atoms with van der Waals surface area (Å²) in [5.74, 6) is -1.94. The molecule has 0 atom stereocenters. The molecular weight excluding hydrogens is 214 g/mol. The molecule has 0 aliphatic carbocycles. The summed E-state index contributed by atoms with van der Waals surface area (Å²) in [5, 5.41) is 16.0. The number of rotatable bonds is 3. The molecule has 2 rings (SSSR count). The van der Waals surface area contributed by atoms with Gasteiger partial charge in [0, 0.05) is 12.4 Å². The van der Waals surface area contributed by atoms with Crippen molar-refractivity contribution in [1.82, 2.24) is 24.9 Å². The Morgan fingerprint density at radius 2 is 2.31 bits per heavy atom. The van der Waals surface area contributed by atoms with E-state index in [1.165, 1.54) is 10.7 Å². The van der Waals surface area contributed by atoms with Crippen LogP contribution in [0.25, 0.3) is 5.78 Å². The Morgan fingerprint density at radius 1 is 1.50 bits per heavy atom. The van der Waals surface area contributed by atoms with E-state index in [9.17, 15) is 14.7 Å². The number of carbonyl (C=O) groups excluding carboxylic acids is 2. The average molecular weight is 220 g/mol. The van der Waals surface area contributed by atoms with E-state index in [2.05, 4.69) is 20.4 Å². The summed E-state index contributed by atoms with van der Waals surface area (Å²) in [6.45, 7) is -0.582. The molecule has 0 aromatic carbocycles. The smallest absolute Gasteiger partial charge is 0.291 e. The highest BCUT2D eigenvalue weighted by Gasteiger charge is 2.12. The van der Waals surface area contributed by atoms with Gasteiger partial charge in [-0.25, -0.2) is 9.50 Å². The molecule has 0 radical (unpaired) electrons. The molecule has 0 aliphatic heterocycles. The van der Waals surface area contributed by atoms with Crippen LogP contribution in [-0.2, 0) is 4.79 Å². The van der Waals surface area contributed by atoms with E-state index in [0.717, 1.165) is 0 Å². The van der Waals surface area contributed by atoms with Gasteiger partial charge in [-0.3, -0.25) is 4.79 Å². The average Bonchev–Trinajstić information content (AvgIpc) is 2.69. The number of aromatic nitrogens is 4. The molecule has 82 valence electrons. The molecule has 2 aromatic rings. The SMILES string of the molecule is O=C([O-])CNC(=O)c1nc2ncccn2n1. The quantitative estimate of drug-likeness (QED) is 0.617. The molecule has 1 N–H and O–H groups in total. The number of hydrogen-bond acceptors (Lipinski definition) is 6. The van der Waals surface area contributed by atoms with Crippen LogP contribution in [0, 0.1) is 0 Å². The van der Waals surface area contributed by atoms with E-state index >= 15 is 0 Å². The van der Waals surface area contributed by atoms with Gasteiger partial charge in [0.2, 0.25) is 5.82 Å². The molecule has 1 amide bonds. The Hall–Kier alpha value is -2.51. The van der Waals surface area contributed by atoms with Crippen LogP contribution >= 0.6 is 0 Å². The maximum absolute atomic E-state index is 11.4. The number of nitrogens with one attached hydrogen (secondary N) is 1. The van der Waals surface area contributed by atoms with E-state index in [1.54, 1.807) is 12.3 Å². The minimum absolute atomic E-state index is 0.139. The molecule has 0 saturated heterocycles. The van der Waals surface area contributed by atoms with Crippen LogP contribution in [0.3, 0.4) is 0 Å². The highest BCUT2D eigenvalue weighted by Crippen LogP contribution is 1.96. The van der Waals surface area contributed by atoms with Crippen LogP contribution < -0.4 is 10.4 Å². The lowest BCUT2D eigenvalue weighted by Crippen LogP contribution is -2.38. The number of amides is 1. The predicted octanol–water partition coefficient (Wildman–Crippen LogP) is -2.40. The van der Waals surface area contributed by atoms with Gasteiger partial charge in [0.05, 0.1) is 12.5 Å². The van der Waals surface area contributed by atoms with E-state index in [1.807, 2.05) is 0 Å². The molecule has 0 saturated carbocycles. The summed E-state index contributed by atoms with van der Waals surface area (Å²) >= 11 is 0. The molecule has 2 aromatic heterocycles. The van der Waals surface area contributed by atoms with Crippen LogP contribution in [-0.4, -0.2) is 38.0 Å². The van der Waals surface area contributed by atoms with Crippen LogP contribution in [0.5, 0.6) is 0 Å². The Morgan fingerprint density at radius 3 is 3.00 bits per heavy atom. The van der Waals surface area contributed by atoms with Gasteiger partial charge in [-0.15, -0.1) is 5.10 Å². The number of carboxylic acids is 1. The normalized spacial score (nSPS) is 10.2. The number of aliphatic carboxylic acids is 1. The molecule has 0 fully saturated rings. The third-order valence-electron chi connectivity index (χ3n) is 1.71. The van der Waals surface area contributed by atoms with E-state index < -0.39 is 18.4 Å². The lowest BCUT2D eigenvalue weighted by molar-refractivity contribution is -0.303. The molecule has 2 heterocycles. The number of hydrogen-bond donors (Lipinski definition) is 1. The van der Waals surface area contributed by atoms with Crippen LogP contribution in [0.2, 0.25) is 0 Å². The van der Waals surface area contributed by atoms with Crippen molar-refractivity contribution in [1.29, 1.82) is 0 Å². The van der Waals surface area contributed by atoms with Crippen molar-refractivity contribution in [3.05, 3.63) is 24.3 Å². The Labute approximate surface area is 88.9 Å². The number of fused-ring (bicyclic) bond motifs is 1. The Bertz CT molecular complexity index is 516. The molecule has 8 nitrogen and oxygen atoms in total. The minimum atomic E-state index is -1.38. The molecule has 16 heavy (non-hydrogen) atoms. The monoisotopic (exact) mass is 220 g/mol.